The lowest BCUT2D eigenvalue weighted by atomic mass is 10.0. The van der Waals surface area contributed by atoms with Crippen molar-refractivity contribution in [2.45, 2.75) is 45.4 Å². The van der Waals surface area contributed by atoms with E-state index < -0.39 is 0 Å². The topological polar surface area (TPSA) is 66.6 Å². The van der Waals surface area contributed by atoms with Crippen LogP contribution in [0.3, 0.4) is 0 Å². The summed E-state index contributed by atoms with van der Waals surface area (Å²) in [5.74, 6) is 1.07. The Morgan fingerprint density at radius 3 is 2.79 bits per heavy atom. The van der Waals surface area contributed by atoms with E-state index in [1.165, 1.54) is 57.5 Å². The number of pyridine rings is 1. The van der Waals surface area contributed by atoms with Crippen LogP contribution in [-0.4, -0.2) is 59.4 Å². The minimum absolute atomic E-state index is 0.264. The largest absolute Gasteiger partial charge is 0.391 e. The number of hydrogen-bond acceptors (Lipinski definition) is 6. The van der Waals surface area contributed by atoms with Crippen molar-refractivity contribution in [3.8, 4) is 0 Å². The summed E-state index contributed by atoms with van der Waals surface area (Å²) in [6.45, 7) is 7.40. The second kappa shape index (κ2) is 8.13. The first kappa shape index (κ1) is 19.2. The first-order chi connectivity index (χ1) is 14.3. The number of aliphatic hydroxyl groups excluding tert-OH is 1. The Bertz CT molecular complexity index is 1030. The zero-order valence-corrected chi connectivity index (χ0v) is 18.0. The van der Waals surface area contributed by atoms with Crippen molar-refractivity contribution in [1.29, 1.82) is 0 Å². The smallest absolute Gasteiger partial charge is 0.150 e. The van der Waals surface area contributed by atoms with Gasteiger partial charge in [0.25, 0.3) is 0 Å². The molecule has 5 rings (SSSR count). The Morgan fingerprint density at radius 1 is 1.17 bits per heavy atom. The zero-order valence-electron chi connectivity index (χ0n) is 17.2. The second-order valence-corrected chi connectivity index (χ2v) is 9.34. The molecule has 1 aliphatic heterocycles. The van der Waals surface area contributed by atoms with Gasteiger partial charge in [0.15, 0.2) is 5.82 Å². The third-order valence-electron chi connectivity index (χ3n) is 6.54. The minimum atomic E-state index is 0.264. The van der Waals surface area contributed by atoms with Gasteiger partial charge in [-0.2, -0.15) is 0 Å². The molecule has 3 aromatic rings. The fourth-order valence-corrected chi connectivity index (χ4v) is 6.18. The fraction of sp³-hybridized carbons (Fsp3) is 0.591. The Balaban J connectivity index is 1.57. The average Bonchev–Trinajstić information content (AvgIpc) is 3.37. The third-order valence-corrected chi connectivity index (χ3v) is 7.61. The Kier molecular flexibility index (Phi) is 5.37. The predicted octanol–water partition coefficient (Wildman–Crippen LogP) is 1.77. The molecule has 0 aromatic carbocycles. The van der Waals surface area contributed by atoms with E-state index >= 15 is 0 Å². The maximum atomic E-state index is 9.22. The highest BCUT2D eigenvalue weighted by molar-refractivity contribution is 7.26. The van der Waals surface area contributed by atoms with Crippen LogP contribution in [0.2, 0.25) is 0 Å². The van der Waals surface area contributed by atoms with Crippen molar-refractivity contribution in [2.75, 3.05) is 44.2 Å². The molecule has 2 N–H and O–H groups in total. The molecule has 0 spiro atoms. The van der Waals surface area contributed by atoms with Crippen molar-refractivity contribution in [2.24, 2.45) is 0 Å². The first-order valence-electron chi connectivity index (χ1n) is 11.1. The van der Waals surface area contributed by atoms with Gasteiger partial charge in [-0.25, -0.2) is 15.0 Å². The van der Waals surface area contributed by atoms with Gasteiger partial charge in [-0.3, -0.25) is 0 Å². The molecule has 4 heterocycles. The molecule has 2 aliphatic rings. The lowest BCUT2D eigenvalue weighted by molar-refractivity contribution is -0.900. The Morgan fingerprint density at radius 2 is 2.00 bits per heavy atom. The van der Waals surface area contributed by atoms with E-state index in [0.717, 1.165) is 61.7 Å². The van der Waals surface area contributed by atoms with E-state index in [2.05, 4.69) is 11.8 Å². The summed E-state index contributed by atoms with van der Waals surface area (Å²) in [4.78, 5) is 19.6. The van der Waals surface area contributed by atoms with Crippen molar-refractivity contribution in [1.82, 2.24) is 15.0 Å². The molecule has 6 nitrogen and oxygen atoms in total. The summed E-state index contributed by atoms with van der Waals surface area (Å²) in [5, 5.41) is 10.5. The van der Waals surface area contributed by atoms with Crippen molar-refractivity contribution >= 4 is 37.6 Å². The summed E-state index contributed by atoms with van der Waals surface area (Å²) in [7, 11) is 0. The van der Waals surface area contributed by atoms with Crippen molar-refractivity contribution in [3.05, 3.63) is 23.1 Å². The summed E-state index contributed by atoms with van der Waals surface area (Å²) in [5.41, 5.74) is 5.45. The van der Waals surface area contributed by atoms with Gasteiger partial charge in [0.1, 0.15) is 17.7 Å². The fourth-order valence-electron chi connectivity index (χ4n) is 4.98. The van der Waals surface area contributed by atoms with Crippen molar-refractivity contribution < 1.29 is 10.0 Å². The number of aryl methyl sites for hydroxylation is 2. The normalized spacial score (nSPS) is 17.5. The number of rotatable bonds is 6. The number of piperazine rings is 1. The maximum Gasteiger partial charge on any atom is 0.150 e. The molecule has 0 bridgehead atoms. The van der Waals surface area contributed by atoms with E-state index in [-0.39, 0.29) is 6.61 Å². The number of nitrogens with one attached hydrogen (secondary N) is 1. The third kappa shape index (κ3) is 3.39. The van der Waals surface area contributed by atoms with Crippen LogP contribution in [0, 0.1) is 0 Å². The van der Waals surface area contributed by atoms with Gasteiger partial charge in [0.05, 0.1) is 43.0 Å². The van der Waals surface area contributed by atoms with Gasteiger partial charge in [0, 0.05) is 11.1 Å². The maximum absolute atomic E-state index is 9.22. The Labute approximate surface area is 175 Å². The number of fused-ring (bicyclic) bond motifs is 5. The van der Waals surface area contributed by atoms with E-state index in [0.29, 0.717) is 0 Å². The lowest BCUT2D eigenvalue weighted by Crippen LogP contribution is -3.15. The summed E-state index contributed by atoms with van der Waals surface area (Å²) < 4.78 is 1.20. The molecule has 1 fully saturated rings. The number of thiophene rings is 1. The van der Waals surface area contributed by atoms with Gasteiger partial charge in [-0.05, 0) is 43.2 Å². The van der Waals surface area contributed by atoms with E-state index in [9.17, 15) is 5.11 Å². The molecule has 29 heavy (non-hydrogen) atoms. The molecule has 0 atom stereocenters. The van der Waals surface area contributed by atoms with Crippen LogP contribution in [0.4, 0.5) is 5.82 Å². The molecule has 0 radical (unpaired) electrons. The lowest BCUT2D eigenvalue weighted by Gasteiger charge is -2.32. The quantitative estimate of drug-likeness (QED) is 0.646. The molecule has 7 heteroatoms. The number of hydrogen-bond donors (Lipinski definition) is 2. The summed E-state index contributed by atoms with van der Waals surface area (Å²) in [6, 6.07) is 0. The number of anilines is 1. The first-order valence-corrected chi connectivity index (χ1v) is 11.9. The summed E-state index contributed by atoms with van der Waals surface area (Å²) >= 11 is 1.78. The number of aliphatic hydroxyl groups is 1. The molecule has 1 saturated heterocycles. The number of quaternary nitrogens is 1. The highest BCUT2D eigenvalue weighted by Gasteiger charge is 2.27. The molecular weight excluding hydrogens is 382 g/mol. The molecule has 0 saturated carbocycles. The van der Waals surface area contributed by atoms with Gasteiger partial charge in [-0.1, -0.05) is 13.3 Å². The van der Waals surface area contributed by atoms with Crippen LogP contribution >= 0.6 is 11.3 Å². The summed E-state index contributed by atoms with van der Waals surface area (Å²) in [6.07, 6.45) is 8.81. The van der Waals surface area contributed by atoms with Gasteiger partial charge in [0.2, 0.25) is 0 Å². The number of nitrogens with zero attached hydrogens (tertiary/aromatic N) is 4. The second-order valence-electron chi connectivity index (χ2n) is 8.34. The van der Waals surface area contributed by atoms with Gasteiger partial charge >= 0.3 is 0 Å². The van der Waals surface area contributed by atoms with Crippen LogP contribution in [0.25, 0.3) is 20.4 Å². The highest BCUT2D eigenvalue weighted by Crippen LogP contribution is 2.42. The molecule has 3 aromatic heterocycles. The van der Waals surface area contributed by atoms with Crippen molar-refractivity contribution in [3.63, 3.8) is 0 Å². The highest BCUT2D eigenvalue weighted by atomic mass is 32.1. The van der Waals surface area contributed by atoms with Crippen LogP contribution in [0.1, 0.15) is 43.0 Å². The number of unbranched alkanes of at least 4 members (excludes halogenated alkanes) is 1. The van der Waals surface area contributed by atoms with Gasteiger partial charge in [-0.15, -0.1) is 11.3 Å². The predicted molar refractivity (Wildman–Crippen MR) is 118 cm³/mol. The molecule has 1 aliphatic carbocycles. The SMILES string of the molecule is CCCCc1nc2sc3c(N4CC[NH+](CCO)CC4)ncnc3c2c2c1CCC2. The number of aromatic nitrogens is 3. The average molecular weight is 413 g/mol. The minimum Gasteiger partial charge on any atom is -0.391 e. The molecule has 0 unspecified atom stereocenters. The van der Waals surface area contributed by atoms with E-state index in [1.807, 2.05) is 0 Å². The van der Waals surface area contributed by atoms with Crippen LogP contribution in [-0.2, 0) is 19.3 Å². The molecule has 0 amide bonds. The van der Waals surface area contributed by atoms with Crippen LogP contribution < -0.4 is 9.80 Å². The standard InChI is InChI=1S/C22H29N5OS/c1-2-3-7-17-15-5-4-6-16(15)18-19-20(29-22(18)25-17)21(24-14-23-19)27-10-8-26(9-11-27)12-13-28/h14,28H,2-13H2,1H3/p+1. The Hall–Kier alpha value is -1.83. The van der Waals surface area contributed by atoms with Gasteiger partial charge < -0.3 is 14.9 Å². The zero-order chi connectivity index (χ0) is 19.8. The van der Waals surface area contributed by atoms with Crippen LogP contribution in [0.15, 0.2) is 6.33 Å². The monoisotopic (exact) mass is 412 g/mol. The molecular formula is C22H30N5OS+. The van der Waals surface area contributed by atoms with E-state index in [1.54, 1.807) is 17.7 Å². The molecule has 154 valence electrons. The van der Waals surface area contributed by atoms with E-state index in [4.69, 9.17) is 15.0 Å². The van der Waals surface area contributed by atoms with Crippen LogP contribution in [0.5, 0.6) is 0 Å².